The van der Waals surface area contributed by atoms with Crippen LogP contribution in [0.1, 0.15) is 23.0 Å². The number of hydrogen-bond acceptors (Lipinski definition) is 8. The Kier molecular flexibility index (Phi) is 7.16. The number of ether oxygens (including phenoxy) is 1. The molecular formula is C26H28N6O4. The molecule has 0 radical (unpaired) electrons. The second kappa shape index (κ2) is 10.4. The smallest absolute Gasteiger partial charge is 0.255 e. The molecule has 0 spiro atoms. The minimum Gasteiger partial charge on any atom is -0.460 e. The molecule has 0 aliphatic heterocycles. The second-order valence-electron chi connectivity index (χ2n) is 8.45. The Labute approximate surface area is 208 Å². The number of amides is 2. The third kappa shape index (κ3) is 5.44. The average molecular weight is 489 g/mol. The van der Waals surface area contributed by atoms with Gasteiger partial charge in [0, 0.05) is 35.9 Å². The van der Waals surface area contributed by atoms with Crippen LogP contribution in [0.25, 0.3) is 11.0 Å². The molecule has 2 amide bonds. The number of hydrogen-bond donors (Lipinski definition) is 3. The van der Waals surface area contributed by atoms with Gasteiger partial charge in [-0.2, -0.15) is 0 Å². The van der Waals surface area contributed by atoms with Crippen molar-refractivity contribution in [3.8, 4) is 11.6 Å². The van der Waals surface area contributed by atoms with Crippen LogP contribution in [-0.2, 0) is 4.79 Å². The van der Waals surface area contributed by atoms with E-state index in [2.05, 4.69) is 25.9 Å². The van der Waals surface area contributed by atoms with E-state index in [1.165, 1.54) is 6.33 Å². The summed E-state index contributed by atoms with van der Waals surface area (Å²) in [5.41, 5.74) is 2.45. The fourth-order valence-electron chi connectivity index (χ4n) is 3.56. The van der Waals surface area contributed by atoms with Crippen LogP contribution in [0, 0.1) is 6.92 Å². The third-order valence-electron chi connectivity index (χ3n) is 5.71. The van der Waals surface area contributed by atoms with E-state index in [4.69, 9.17) is 9.15 Å². The maximum absolute atomic E-state index is 12.4. The topological polar surface area (TPSA) is 122 Å². The molecule has 4 aromatic rings. The largest absolute Gasteiger partial charge is 0.460 e. The second-order valence-corrected chi connectivity index (χ2v) is 8.45. The molecule has 0 bridgehead atoms. The van der Waals surface area contributed by atoms with Crippen LogP contribution in [0.3, 0.4) is 0 Å². The normalized spacial score (nSPS) is 11.8. The van der Waals surface area contributed by atoms with Gasteiger partial charge in [0.2, 0.25) is 11.8 Å². The maximum atomic E-state index is 12.4. The Hall–Kier alpha value is -4.44. The number of likely N-dealkylation sites (N-methyl/N-ethyl adjacent to an activating group) is 1. The predicted molar refractivity (Wildman–Crippen MR) is 138 cm³/mol. The van der Waals surface area contributed by atoms with Crippen molar-refractivity contribution in [2.24, 2.45) is 0 Å². The van der Waals surface area contributed by atoms with Crippen molar-refractivity contribution in [1.82, 2.24) is 20.2 Å². The van der Waals surface area contributed by atoms with Gasteiger partial charge in [-0.3, -0.25) is 14.5 Å². The first kappa shape index (κ1) is 24.7. The lowest BCUT2D eigenvalue weighted by atomic mass is 10.1. The van der Waals surface area contributed by atoms with E-state index < -0.39 is 0 Å². The molecule has 0 saturated heterocycles. The molecule has 10 nitrogen and oxygen atoms in total. The quantitative estimate of drug-likeness (QED) is 0.335. The zero-order chi connectivity index (χ0) is 25.8. The molecule has 1 atom stereocenters. The molecule has 0 fully saturated rings. The number of nitrogens with one attached hydrogen (secondary N) is 3. The van der Waals surface area contributed by atoms with Gasteiger partial charge < -0.3 is 25.1 Å². The number of anilines is 3. The number of benzene rings is 2. The van der Waals surface area contributed by atoms with Crippen LogP contribution in [0.4, 0.5) is 17.2 Å². The number of fused-ring (bicyclic) bond motifs is 1. The van der Waals surface area contributed by atoms with Crippen molar-refractivity contribution in [2.45, 2.75) is 19.9 Å². The summed E-state index contributed by atoms with van der Waals surface area (Å²) >= 11 is 0. The lowest BCUT2D eigenvalue weighted by molar-refractivity contribution is -0.119. The summed E-state index contributed by atoms with van der Waals surface area (Å²) in [6, 6.07) is 14.0. The minimum atomic E-state index is -0.261. The lowest BCUT2D eigenvalue weighted by Gasteiger charge is -2.19. The first-order chi connectivity index (χ1) is 17.2. The molecule has 36 heavy (non-hydrogen) atoms. The average Bonchev–Trinajstić information content (AvgIpc) is 3.18. The van der Waals surface area contributed by atoms with Gasteiger partial charge in [-0.05, 0) is 58.3 Å². The predicted octanol–water partition coefficient (Wildman–Crippen LogP) is 4.32. The van der Waals surface area contributed by atoms with E-state index in [-0.39, 0.29) is 17.9 Å². The molecule has 1 unspecified atom stereocenters. The highest BCUT2D eigenvalue weighted by atomic mass is 16.5. The number of aryl methyl sites for hydroxylation is 1. The highest BCUT2D eigenvalue weighted by molar-refractivity contribution is 6.07. The standard InChI is InChI=1S/C26H28N6O4/c1-15(32(4)5)25(33)31-18-8-6-7-17(11-18)30-22-13-23(29-14-28-22)36-19-9-10-20-21(12-19)35-16(2)24(20)26(34)27-3/h6-15H,1-5H3,(H,27,34)(H,31,33)(H,28,29,30). The number of carbonyl (C=O) groups excluding carboxylic acids is 2. The van der Waals surface area contributed by atoms with Gasteiger partial charge in [0.05, 0.1) is 11.6 Å². The summed E-state index contributed by atoms with van der Waals surface area (Å²) in [5, 5.41) is 9.44. The monoisotopic (exact) mass is 488 g/mol. The first-order valence-electron chi connectivity index (χ1n) is 11.3. The molecule has 0 saturated carbocycles. The molecule has 4 rings (SSSR count). The number of nitrogens with zero attached hydrogens (tertiary/aromatic N) is 3. The van der Waals surface area contributed by atoms with Crippen LogP contribution in [0.5, 0.6) is 11.6 Å². The molecule has 186 valence electrons. The highest BCUT2D eigenvalue weighted by Gasteiger charge is 2.18. The number of furan rings is 1. The number of aromatic nitrogens is 2. The molecule has 0 aliphatic carbocycles. The third-order valence-corrected chi connectivity index (χ3v) is 5.71. The lowest BCUT2D eigenvalue weighted by Crippen LogP contribution is -2.37. The summed E-state index contributed by atoms with van der Waals surface area (Å²) in [7, 11) is 5.29. The zero-order valence-electron chi connectivity index (χ0n) is 20.7. The molecule has 10 heteroatoms. The van der Waals surface area contributed by atoms with E-state index in [0.29, 0.717) is 45.4 Å². The highest BCUT2D eigenvalue weighted by Crippen LogP contribution is 2.31. The summed E-state index contributed by atoms with van der Waals surface area (Å²) in [4.78, 5) is 34.8. The number of rotatable bonds is 8. The van der Waals surface area contributed by atoms with Gasteiger partial charge in [0.15, 0.2) is 0 Å². The Morgan fingerprint density at radius 3 is 2.58 bits per heavy atom. The van der Waals surface area contributed by atoms with Crippen molar-refractivity contribution in [2.75, 3.05) is 31.8 Å². The van der Waals surface area contributed by atoms with E-state index in [1.54, 1.807) is 38.2 Å². The van der Waals surface area contributed by atoms with Crippen LogP contribution in [0.2, 0.25) is 0 Å². The summed E-state index contributed by atoms with van der Waals surface area (Å²) in [6.07, 6.45) is 1.39. The van der Waals surface area contributed by atoms with Crippen molar-refractivity contribution < 1.29 is 18.7 Å². The molecule has 2 aromatic heterocycles. The first-order valence-corrected chi connectivity index (χ1v) is 11.3. The van der Waals surface area contributed by atoms with Gasteiger partial charge in [0.1, 0.15) is 29.2 Å². The summed E-state index contributed by atoms with van der Waals surface area (Å²) < 4.78 is 11.7. The SMILES string of the molecule is CNC(=O)c1c(C)oc2cc(Oc3cc(Nc4cccc(NC(=O)C(C)N(C)C)c4)ncn3)ccc12. The Balaban J connectivity index is 1.48. The van der Waals surface area contributed by atoms with E-state index in [9.17, 15) is 9.59 Å². The molecule has 2 heterocycles. The van der Waals surface area contributed by atoms with Crippen molar-refractivity contribution >= 4 is 40.0 Å². The fraction of sp³-hybridized carbons (Fsp3) is 0.231. The van der Waals surface area contributed by atoms with Crippen LogP contribution in [-0.4, -0.2) is 53.9 Å². The number of carbonyl (C=O) groups is 2. The van der Waals surface area contributed by atoms with E-state index >= 15 is 0 Å². The van der Waals surface area contributed by atoms with Crippen molar-refractivity contribution in [1.29, 1.82) is 0 Å². The Morgan fingerprint density at radius 1 is 1.06 bits per heavy atom. The van der Waals surface area contributed by atoms with Crippen LogP contribution < -0.4 is 20.7 Å². The van der Waals surface area contributed by atoms with Crippen molar-refractivity contribution in [3.05, 3.63) is 66.2 Å². The molecule has 3 N–H and O–H groups in total. The minimum absolute atomic E-state index is 0.0963. The fourth-order valence-corrected chi connectivity index (χ4v) is 3.56. The van der Waals surface area contributed by atoms with Crippen LogP contribution in [0.15, 0.2) is 59.3 Å². The zero-order valence-corrected chi connectivity index (χ0v) is 20.7. The van der Waals surface area contributed by atoms with Crippen LogP contribution >= 0.6 is 0 Å². The van der Waals surface area contributed by atoms with Gasteiger partial charge in [0.25, 0.3) is 5.91 Å². The summed E-state index contributed by atoms with van der Waals surface area (Å²) in [5.74, 6) is 1.57. The van der Waals surface area contributed by atoms with Crippen molar-refractivity contribution in [3.63, 3.8) is 0 Å². The molecule has 2 aromatic carbocycles. The van der Waals surface area contributed by atoms with Gasteiger partial charge in [-0.1, -0.05) is 6.07 Å². The maximum Gasteiger partial charge on any atom is 0.255 e. The molecule has 0 aliphatic rings. The van der Waals surface area contributed by atoms with Gasteiger partial charge in [-0.15, -0.1) is 0 Å². The van der Waals surface area contributed by atoms with E-state index in [0.717, 1.165) is 5.69 Å². The molecular weight excluding hydrogens is 460 g/mol. The van der Waals surface area contributed by atoms with Gasteiger partial charge in [-0.25, -0.2) is 9.97 Å². The summed E-state index contributed by atoms with van der Waals surface area (Å²) in [6.45, 7) is 3.59. The Morgan fingerprint density at radius 2 is 1.83 bits per heavy atom. The van der Waals surface area contributed by atoms with Gasteiger partial charge >= 0.3 is 0 Å². The Bertz CT molecular complexity index is 1410. The van der Waals surface area contributed by atoms with E-state index in [1.807, 2.05) is 50.2 Å².